The fraction of sp³-hybridized carbons (Fsp3) is 0.929. The third-order valence-corrected chi connectivity index (χ3v) is 4.72. The molecule has 18 heavy (non-hydrogen) atoms. The highest BCUT2D eigenvalue weighted by Crippen LogP contribution is 2.40. The molecule has 1 aliphatic carbocycles. The molecule has 3 rings (SSSR count). The van der Waals surface area contributed by atoms with Gasteiger partial charge in [0.05, 0.1) is 19.3 Å². The van der Waals surface area contributed by atoms with Gasteiger partial charge in [-0.2, -0.15) is 5.26 Å². The summed E-state index contributed by atoms with van der Waals surface area (Å²) in [5, 5.41) is 9.44. The zero-order valence-corrected chi connectivity index (χ0v) is 10.9. The summed E-state index contributed by atoms with van der Waals surface area (Å²) in [6, 6.07) is 2.65. The van der Waals surface area contributed by atoms with Crippen molar-refractivity contribution < 1.29 is 9.47 Å². The standard InChI is InChI=1S/C14H22N2O2/c15-11-13(16-7-1-2-8-16)12-3-5-14(6-4-12)17-9-10-18-14/h12-13H,1-10H2. The number of nitriles is 1. The topological polar surface area (TPSA) is 45.5 Å². The van der Waals surface area contributed by atoms with Gasteiger partial charge in [0.15, 0.2) is 5.79 Å². The lowest BCUT2D eigenvalue weighted by molar-refractivity contribution is -0.184. The fourth-order valence-electron chi connectivity index (χ4n) is 3.69. The monoisotopic (exact) mass is 250 g/mol. The van der Waals surface area contributed by atoms with E-state index in [1.807, 2.05) is 0 Å². The van der Waals surface area contributed by atoms with Crippen molar-refractivity contribution >= 4 is 0 Å². The van der Waals surface area contributed by atoms with Crippen LogP contribution in [0.1, 0.15) is 38.5 Å². The summed E-state index contributed by atoms with van der Waals surface area (Å²) in [6.07, 6.45) is 6.55. The third-order valence-electron chi connectivity index (χ3n) is 4.72. The van der Waals surface area contributed by atoms with Gasteiger partial charge in [0.1, 0.15) is 6.04 Å². The van der Waals surface area contributed by atoms with E-state index in [4.69, 9.17) is 9.47 Å². The normalized spacial score (nSPS) is 30.6. The fourth-order valence-corrected chi connectivity index (χ4v) is 3.69. The number of likely N-dealkylation sites (tertiary alicyclic amines) is 1. The Kier molecular flexibility index (Phi) is 3.56. The zero-order chi connectivity index (χ0) is 12.4. The minimum absolute atomic E-state index is 0.117. The van der Waals surface area contributed by atoms with Gasteiger partial charge in [-0.3, -0.25) is 4.90 Å². The van der Waals surface area contributed by atoms with Crippen molar-refractivity contribution in [1.82, 2.24) is 4.90 Å². The second-order valence-corrected chi connectivity index (χ2v) is 5.76. The largest absolute Gasteiger partial charge is 0.348 e. The van der Waals surface area contributed by atoms with Gasteiger partial charge in [-0.25, -0.2) is 0 Å². The first-order valence-electron chi connectivity index (χ1n) is 7.25. The van der Waals surface area contributed by atoms with E-state index in [9.17, 15) is 5.26 Å². The van der Waals surface area contributed by atoms with E-state index in [-0.39, 0.29) is 11.8 Å². The molecule has 2 heterocycles. The lowest BCUT2D eigenvalue weighted by atomic mass is 9.80. The molecule has 2 saturated heterocycles. The van der Waals surface area contributed by atoms with Crippen LogP contribution >= 0.6 is 0 Å². The molecule has 1 atom stereocenters. The van der Waals surface area contributed by atoms with Crippen molar-refractivity contribution in [2.75, 3.05) is 26.3 Å². The van der Waals surface area contributed by atoms with Gasteiger partial charge in [0.2, 0.25) is 0 Å². The highest BCUT2D eigenvalue weighted by molar-refractivity contribution is 5.00. The van der Waals surface area contributed by atoms with Gasteiger partial charge in [-0.05, 0) is 44.7 Å². The molecule has 0 bridgehead atoms. The van der Waals surface area contributed by atoms with Crippen LogP contribution in [0.4, 0.5) is 0 Å². The zero-order valence-electron chi connectivity index (χ0n) is 10.9. The first kappa shape index (κ1) is 12.4. The third kappa shape index (κ3) is 2.27. The minimum Gasteiger partial charge on any atom is -0.348 e. The number of ether oxygens (including phenoxy) is 2. The Bertz CT molecular complexity index is 317. The molecule has 0 N–H and O–H groups in total. The first-order valence-corrected chi connectivity index (χ1v) is 7.25. The highest BCUT2D eigenvalue weighted by atomic mass is 16.7. The second-order valence-electron chi connectivity index (χ2n) is 5.76. The van der Waals surface area contributed by atoms with Crippen LogP contribution in [0.5, 0.6) is 0 Å². The average molecular weight is 250 g/mol. The Labute approximate surface area is 109 Å². The van der Waals surface area contributed by atoms with Crippen molar-refractivity contribution in [2.45, 2.75) is 50.4 Å². The molecule has 3 aliphatic rings. The summed E-state index contributed by atoms with van der Waals surface area (Å²) in [5.41, 5.74) is 0. The van der Waals surface area contributed by atoms with E-state index in [2.05, 4.69) is 11.0 Å². The van der Waals surface area contributed by atoms with E-state index in [1.165, 1.54) is 12.8 Å². The summed E-state index contributed by atoms with van der Waals surface area (Å²) in [6.45, 7) is 3.68. The molecular weight excluding hydrogens is 228 g/mol. The van der Waals surface area contributed by atoms with Crippen LogP contribution in [-0.4, -0.2) is 43.0 Å². The molecule has 4 nitrogen and oxygen atoms in total. The van der Waals surface area contributed by atoms with Crippen molar-refractivity contribution in [3.63, 3.8) is 0 Å². The van der Waals surface area contributed by atoms with Gasteiger partial charge >= 0.3 is 0 Å². The number of hydrogen-bond donors (Lipinski definition) is 0. The molecule has 3 fully saturated rings. The van der Waals surface area contributed by atoms with Crippen LogP contribution in [-0.2, 0) is 9.47 Å². The summed E-state index contributed by atoms with van der Waals surface area (Å²) in [4.78, 5) is 2.37. The lowest BCUT2D eigenvalue weighted by Gasteiger charge is -2.38. The predicted molar refractivity (Wildman–Crippen MR) is 66.8 cm³/mol. The minimum atomic E-state index is -0.290. The Hall–Kier alpha value is -0.630. The highest BCUT2D eigenvalue weighted by Gasteiger charge is 2.43. The molecule has 1 spiro atoms. The van der Waals surface area contributed by atoms with Crippen LogP contribution in [0.2, 0.25) is 0 Å². The number of rotatable bonds is 2. The maximum Gasteiger partial charge on any atom is 0.168 e. The van der Waals surface area contributed by atoms with E-state index in [0.29, 0.717) is 5.92 Å². The molecule has 4 heteroatoms. The SMILES string of the molecule is N#CC(C1CCC2(CC1)OCCO2)N1CCCC1. The summed E-state index contributed by atoms with van der Waals surface area (Å²) >= 11 is 0. The molecule has 1 saturated carbocycles. The Morgan fingerprint density at radius 1 is 1.11 bits per heavy atom. The molecule has 0 aromatic carbocycles. The Balaban J connectivity index is 1.59. The van der Waals surface area contributed by atoms with Gasteiger partial charge in [0, 0.05) is 12.8 Å². The van der Waals surface area contributed by atoms with Gasteiger partial charge in [-0.15, -0.1) is 0 Å². The Morgan fingerprint density at radius 3 is 2.28 bits per heavy atom. The van der Waals surface area contributed by atoms with E-state index >= 15 is 0 Å². The Morgan fingerprint density at radius 2 is 1.72 bits per heavy atom. The van der Waals surface area contributed by atoms with Crippen molar-refractivity contribution in [1.29, 1.82) is 5.26 Å². The molecule has 100 valence electrons. The average Bonchev–Trinajstić information content (AvgIpc) is 3.05. The molecule has 0 aromatic heterocycles. The molecule has 0 amide bonds. The molecule has 2 aliphatic heterocycles. The summed E-state index contributed by atoms with van der Waals surface area (Å²) in [7, 11) is 0. The van der Waals surface area contributed by atoms with Crippen LogP contribution in [0.15, 0.2) is 0 Å². The smallest absolute Gasteiger partial charge is 0.168 e. The lowest BCUT2D eigenvalue weighted by Crippen LogP contribution is -2.43. The van der Waals surface area contributed by atoms with Crippen molar-refractivity contribution in [3.8, 4) is 6.07 Å². The predicted octanol–water partition coefficient (Wildman–Crippen LogP) is 1.91. The summed E-state index contributed by atoms with van der Waals surface area (Å²) < 4.78 is 11.5. The van der Waals surface area contributed by atoms with E-state index in [1.54, 1.807) is 0 Å². The molecule has 1 unspecified atom stereocenters. The summed E-state index contributed by atoms with van der Waals surface area (Å²) in [5.74, 6) is 0.216. The van der Waals surface area contributed by atoms with Crippen LogP contribution < -0.4 is 0 Å². The van der Waals surface area contributed by atoms with Gasteiger partial charge in [0.25, 0.3) is 0 Å². The van der Waals surface area contributed by atoms with E-state index < -0.39 is 0 Å². The van der Waals surface area contributed by atoms with Crippen LogP contribution in [0.3, 0.4) is 0 Å². The molecule has 0 radical (unpaired) electrons. The maximum atomic E-state index is 9.44. The molecule has 0 aromatic rings. The van der Waals surface area contributed by atoms with Gasteiger partial charge < -0.3 is 9.47 Å². The van der Waals surface area contributed by atoms with Crippen LogP contribution in [0.25, 0.3) is 0 Å². The maximum absolute atomic E-state index is 9.44. The first-order chi connectivity index (χ1) is 8.83. The van der Waals surface area contributed by atoms with Crippen LogP contribution in [0, 0.1) is 17.2 Å². The van der Waals surface area contributed by atoms with Crippen molar-refractivity contribution in [2.24, 2.45) is 5.92 Å². The number of nitrogens with zero attached hydrogens (tertiary/aromatic N) is 2. The van der Waals surface area contributed by atoms with E-state index in [0.717, 1.165) is 52.0 Å². The number of hydrogen-bond acceptors (Lipinski definition) is 4. The quantitative estimate of drug-likeness (QED) is 0.751. The second kappa shape index (κ2) is 5.16. The van der Waals surface area contributed by atoms with Gasteiger partial charge in [-0.1, -0.05) is 0 Å². The molecular formula is C14H22N2O2. The van der Waals surface area contributed by atoms with Crippen molar-refractivity contribution in [3.05, 3.63) is 0 Å².